The molecule has 3 heteroatoms. The minimum atomic E-state index is 0.537. The third-order valence-electron chi connectivity index (χ3n) is 1.94. The Morgan fingerprint density at radius 1 is 1.50 bits per heavy atom. The average molecular weight is 189 g/mol. The van der Waals surface area contributed by atoms with E-state index in [-0.39, 0.29) is 0 Å². The average Bonchev–Trinajstić information content (AvgIpc) is 2.26. The summed E-state index contributed by atoms with van der Waals surface area (Å²) >= 11 is 0. The number of nitrogens with two attached hydrogens (primary N) is 2. The van der Waals surface area contributed by atoms with E-state index in [2.05, 4.69) is 4.99 Å². The summed E-state index contributed by atoms with van der Waals surface area (Å²) in [5, 5.41) is 0. The number of hydrogen-bond donors (Lipinski definition) is 2. The maximum atomic E-state index is 5.55. The second-order valence-corrected chi connectivity index (χ2v) is 2.91. The Bertz CT molecular complexity index is 353. The van der Waals surface area contributed by atoms with Crippen molar-refractivity contribution < 1.29 is 0 Å². The van der Waals surface area contributed by atoms with Gasteiger partial charge in [-0.05, 0) is 17.2 Å². The lowest BCUT2D eigenvalue weighted by Crippen LogP contribution is -1.98. The zero-order chi connectivity index (χ0) is 10.4. The number of aliphatic imine (C=N–C) groups is 1. The largest absolute Gasteiger partial charge is 0.404 e. The van der Waals surface area contributed by atoms with Crippen molar-refractivity contribution in [3.63, 3.8) is 0 Å². The SMILES string of the molecule is CN=C/C(=C\N)c1cccc(CN)c1. The highest BCUT2D eigenvalue weighted by molar-refractivity contribution is 6.09. The van der Waals surface area contributed by atoms with Crippen LogP contribution in [0, 0.1) is 0 Å². The summed E-state index contributed by atoms with van der Waals surface area (Å²) in [7, 11) is 1.72. The van der Waals surface area contributed by atoms with Crippen molar-refractivity contribution in [1.29, 1.82) is 0 Å². The van der Waals surface area contributed by atoms with E-state index in [0.717, 1.165) is 16.7 Å². The van der Waals surface area contributed by atoms with Crippen LogP contribution in [0.25, 0.3) is 5.57 Å². The molecule has 1 aromatic carbocycles. The summed E-state index contributed by atoms with van der Waals surface area (Å²) in [5.41, 5.74) is 14.1. The molecule has 0 spiro atoms. The first-order valence-electron chi connectivity index (χ1n) is 4.45. The van der Waals surface area contributed by atoms with Crippen molar-refractivity contribution in [2.45, 2.75) is 6.54 Å². The van der Waals surface area contributed by atoms with E-state index >= 15 is 0 Å². The van der Waals surface area contributed by atoms with Crippen molar-refractivity contribution >= 4 is 11.8 Å². The highest BCUT2D eigenvalue weighted by Crippen LogP contribution is 2.13. The Morgan fingerprint density at radius 3 is 2.86 bits per heavy atom. The molecule has 0 radical (unpaired) electrons. The van der Waals surface area contributed by atoms with Crippen LogP contribution in [0.4, 0.5) is 0 Å². The lowest BCUT2D eigenvalue weighted by molar-refractivity contribution is 1.07. The zero-order valence-corrected chi connectivity index (χ0v) is 8.27. The van der Waals surface area contributed by atoms with Crippen LogP contribution in [0.15, 0.2) is 35.5 Å². The summed E-state index contributed by atoms with van der Waals surface area (Å²) in [5.74, 6) is 0. The molecular formula is C11H15N3. The molecule has 0 fully saturated rings. The highest BCUT2D eigenvalue weighted by atomic mass is 14.6. The number of nitrogens with zero attached hydrogens (tertiary/aromatic N) is 1. The van der Waals surface area contributed by atoms with Gasteiger partial charge in [0.25, 0.3) is 0 Å². The number of allylic oxidation sites excluding steroid dienone is 1. The summed E-state index contributed by atoms with van der Waals surface area (Å²) in [6, 6.07) is 7.95. The summed E-state index contributed by atoms with van der Waals surface area (Å²) in [6.07, 6.45) is 3.28. The van der Waals surface area contributed by atoms with Crippen LogP contribution in [0.2, 0.25) is 0 Å². The maximum Gasteiger partial charge on any atom is 0.0301 e. The molecule has 1 rings (SSSR count). The molecule has 0 aliphatic rings. The summed E-state index contributed by atoms with van der Waals surface area (Å²) in [6.45, 7) is 0.537. The molecule has 3 nitrogen and oxygen atoms in total. The second kappa shape index (κ2) is 5.19. The van der Waals surface area contributed by atoms with E-state index in [1.54, 1.807) is 19.5 Å². The van der Waals surface area contributed by atoms with Crippen molar-refractivity contribution in [3.05, 3.63) is 41.6 Å². The van der Waals surface area contributed by atoms with Gasteiger partial charge >= 0.3 is 0 Å². The first-order valence-corrected chi connectivity index (χ1v) is 4.45. The Labute approximate surface area is 84.1 Å². The monoisotopic (exact) mass is 189 g/mol. The Morgan fingerprint density at radius 2 is 2.29 bits per heavy atom. The quantitative estimate of drug-likeness (QED) is 0.700. The minimum Gasteiger partial charge on any atom is -0.404 e. The molecule has 0 amide bonds. The standard InChI is InChI=1S/C11H15N3/c1-14-8-11(7-13)10-4-2-3-9(5-10)6-12/h2-5,7-8H,6,12-13H2,1H3/b11-7+,14-8?. The fourth-order valence-electron chi connectivity index (χ4n) is 1.23. The first-order chi connectivity index (χ1) is 6.81. The molecule has 0 unspecified atom stereocenters. The van der Waals surface area contributed by atoms with Gasteiger partial charge in [0, 0.05) is 31.6 Å². The highest BCUT2D eigenvalue weighted by Gasteiger charge is 1.98. The van der Waals surface area contributed by atoms with Crippen LogP contribution < -0.4 is 11.5 Å². The lowest BCUT2D eigenvalue weighted by atomic mass is 10.0. The van der Waals surface area contributed by atoms with Crippen molar-refractivity contribution in [2.75, 3.05) is 7.05 Å². The van der Waals surface area contributed by atoms with Gasteiger partial charge in [-0.3, -0.25) is 4.99 Å². The van der Waals surface area contributed by atoms with E-state index in [9.17, 15) is 0 Å². The van der Waals surface area contributed by atoms with Gasteiger partial charge in [-0.1, -0.05) is 18.2 Å². The molecule has 0 aliphatic carbocycles. The lowest BCUT2D eigenvalue weighted by Gasteiger charge is -2.03. The predicted molar refractivity (Wildman–Crippen MR) is 60.9 cm³/mol. The summed E-state index contributed by atoms with van der Waals surface area (Å²) in [4.78, 5) is 3.93. The van der Waals surface area contributed by atoms with Gasteiger partial charge in [0.2, 0.25) is 0 Å². The van der Waals surface area contributed by atoms with Gasteiger partial charge in [0.15, 0.2) is 0 Å². The van der Waals surface area contributed by atoms with E-state index in [1.165, 1.54) is 0 Å². The maximum absolute atomic E-state index is 5.55. The molecule has 0 saturated heterocycles. The van der Waals surface area contributed by atoms with E-state index in [4.69, 9.17) is 11.5 Å². The van der Waals surface area contributed by atoms with Gasteiger partial charge in [0.1, 0.15) is 0 Å². The molecule has 0 aliphatic heterocycles. The molecule has 0 atom stereocenters. The second-order valence-electron chi connectivity index (χ2n) is 2.91. The van der Waals surface area contributed by atoms with Crippen LogP contribution in [0.5, 0.6) is 0 Å². The Kier molecular flexibility index (Phi) is 3.88. The third-order valence-corrected chi connectivity index (χ3v) is 1.94. The van der Waals surface area contributed by atoms with E-state index < -0.39 is 0 Å². The van der Waals surface area contributed by atoms with Crippen LogP contribution in [-0.2, 0) is 6.54 Å². The molecule has 74 valence electrons. The van der Waals surface area contributed by atoms with Gasteiger partial charge in [0.05, 0.1) is 0 Å². The third kappa shape index (κ3) is 2.44. The molecule has 0 saturated carbocycles. The van der Waals surface area contributed by atoms with E-state index in [1.807, 2.05) is 24.3 Å². The number of rotatable bonds is 3. The molecular weight excluding hydrogens is 174 g/mol. The molecule has 4 N–H and O–H groups in total. The van der Waals surface area contributed by atoms with Crippen LogP contribution >= 0.6 is 0 Å². The van der Waals surface area contributed by atoms with Crippen molar-refractivity contribution in [3.8, 4) is 0 Å². The normalized spacial score (nSPS) is 12.3. The van der Waals surface area contributed by atoms with Gasteiger partial charge in [-0.15, -0.1) is 0 Å². The number of benzene rings is 1. The summed E-state index contributed by atoms with van der Waals surface area (Å²) < 4.78 is 0. The first kappa shape index (κ1) is 10.5. The van der Waals surface area contributed by atoms with Gasteiger partial charge in [-0.2, -0.15) is 0 Å². The minimum absolute atomic E-state index is 0.537. The van der Waals surface area contributed by atoms with Crippen LogP contribution in [0.1, 0.15) is 11.1 Å². The Balaban J connectivity index is 3.05. The zero-order valence-electron chi connectivity index (χ0n) is 8.27. The fraction of sp³-hybridized carbons (Fsp3) is 0.182. The molecule has 14 heavy (non-hydrogen) atoms. The molecule has 1 aromatic rings. The van der Waals surface area contributed by atoms with Crippen molar-refractivity contribution in [1.82, 2.24) is 0 Å². The fourth-order valence-corrected chi connectivity index (χ4v) is 1.23. The molecule has 0 heterocycles. The predicted octanol–water partition coefficient (Wildman–Crippen LogP) is 1.15. The topological polar surface area (TPSA) is 64.4 Å². The van der Waals surface area contributed by atoms with Gasteiger partial charge in [-0.25, -0.2) is 0 Å². The van der Waals surface area contributed by atoms with Crippen LogP contribution in [-0.4, -0.2) is 13.3 Å². The Hall–Kier alpha value is -1.61. The van der Waals surface area contributed by atoms with Crippen LogP contribution in [0.3, 0.4) is 0 Å². The smallest absolute Gasteiger partial charge is 0.0301 e. The molecule has 0 aromatic heterocycles. The van der Waals surface area contributed by atoms with Gasteiger partial charge < -0.3 is 11.5 Å². The van der Waals surface area contributed by atoms with E-state index in [0.29, 0.717) is 6.54 Å². The van der Waals surface area contributed by atoms with Crippen molar-refractivity contribution in [2.24, 2.45) is 16.5 Å². The molecule has 0 bridgehead atoms. The number of hydrogen-bond acceptors (Lipinski definition) is 3.